The van der Waals surface area contributed by atoms with Gasteiger partial charge in [-0.25, -0.2) is 9.37 Å². The summed E-state index contributed by atoms with van der Waals surface area (Å²) >= 11 is 13.5. The highest BCUT2D eigenvalue weighted by atomic mass is 35.5. The monoisotopic (exact) mass is 440 g/mol. The lowest BCUT2D eigenvalue weighted by molar-refractivity contribution is -0.142. The van der Waals surface area contributed by atoms with Crippen LogP contribution < -0.4 is 9.64 Å². The molecular formula is C18H11Cl2FN2O4S. The van der Waals surface area contributed by atoms with E-state index in [2.05, 4.69) is 4.98 Å². The summed E-state index contributed by atoms with van der Waals surface area (Å²) in [6.07, 6.45) is -1.90. The second-order valence-corrected chi connectivity index (χ2v) is 7.93. The SMILES string of the molecule is O=C(O)CC1Oc2c(F)cccc2N(Cc2nc3c(Cl)c(Cl)ccc3s2)C1=O. The van der Waals surface area contributed by atoms with Crippen LogP contribution in [0, 0.1) is 5.82 Å². The Morgan fingerprint density at radius 2 is 2.11 bits per heavy atom. The van der Waals surface area contributed by atoms with E-state index in [1.54, 1.807) is 12.1 Å². The van der Waals surface area contributed by atoms with Crippen LogP contribution in [-0.4, -0.2) is 28.1 Å². The van der Waals surface area contributed by atoms with Crippen LogP contribution in [0.3, 0.4) is 0 Å². The summed E-state index contributed by atoms with van der Waals surface area (Å²) < 4.78 is 20.4. The fourth-order valence-corrected chi connectivity index (χ4v) is 4.33. The van der Waals surface area contributed by atoms with Gasteiger partial charge in [0.05, 0.1) is 33.4 Å². The van der Waals surface area contributed by atoms with E-state index in [9.17, 15) is 14.0 Å². The normalized spacial score (nSPS) is 16.2. The Morgan fingerprint density at radius 1 is 1.32 bits per heavy atom. The van der Waals surface area contributed by atoms with E-state index < -0.39 is 30.2 Å². The number of aliphatic carboxylic acids is 1. The minimum atomic E-state index is -1.32. The standard InChI is InChI=1S/C18H11Cl2FN2O4S/c19-8-4-5-12-16(15(8)20)22-13(28-12)7-23-10-3-1-2-9(21)17(10)27-11(18(23)26)6-14(24)25/h1-5,11H,6-7H2,(H,24,25). The highest BCUT2D eigenvalue weighted by Gasteiger charge is 2.37. The lowest BCUT2D eigenvalue weighted by Gasteiger charge is -2.33. The molecule has 1 unspecified atom stereocenters. The molecular weight excluding hydrogens is 430 g/mol. The Hall–Kier alpha value is -2.42. The molecule has 0 saturated heterocycles. The van der Waals surface area contributed by atoms with E-state index in [1.165, 1.54) is 34.4 Å². The van der Waals surface area contributed by atoms with Gasteiger partial charge in [-0.05, 0) is 24.3 Å². The van der Waals surface area contributed by atoms with Crippen molar-refractivity contribution in [1.29, 1.82) is 0 Å². The number of amides is 1. The third kappa shape index (κ3) is 3.28. The number of fused-ring (bicyclic) bond motifs is 2. The number of benzene rings is 2. The van der Waals surface area contributed by atoms with Gasteiger partial charge in [0, 0.05) is 0 Å². The van der Waals surface area contributed by atoms with Crippen molar-refractivity contribution in [1.82, 2.24) is 4.98 Å². The smallest absolute Gasteiger partial charge is 0.307 e. The van der Waals surface area contributed by atoms with Gasteiger partial charge in [0.1, 0.15) is 10.5 Å². The van der Waals surface area contributed by atoms with Crippen LogP contribution in [0.5, 0.6) is 5.75 Å². The summed E-state index contributed by atoms with van der Waals surface area (Å²) in [4.78, 5) is 29.6. The highest BCUT2D eigenvalue weighted by Crippen LogP contribution is 2.39. The fourth-order valence-electron chi connectivity index (χ4n) is 2.95. The van der Waals surface area contributed by atoms with Gasteiger partial charge >= 0.3 is 5.97 Å². The second kappa shape index (κ2) is 7.20. The highest BCUT2D eigenvalue weighted by molar-refractivity contribution is 7.18. The van der Waals surface area contributed by atoms with Gasteiger partial charge in [-0.3, -0.25) is 14.5 Å². The largest absolute Gasteiger partial charge is 0.481 e. The molecule has 10 heteroatoms. The van der Waals surface area contributed by atoms with Crippen molar-refractivity contribution in [2.75, 3.05) is 4.90 Å². The van der Waals surface area contributed by atoms with Crippen LogP contribution >= 0.6 is 34.5 Å². The van der Waals surface area contributed by atoms with Crippen molar-refractivity contribution in [3.8, 4) is 5.75 Å². The molecule has 0 saturated carbocycles. The minimum absolute atomic E-state index is 0.0159. The Morgan fingerprint density at radius 3 is 2.86 bits per heavy atom. The Balaban J connectivity index is 1.75. The van der Waals surface area contributed by atoms with Gasteiger partial charge < -0.3 is 9.84 Å². The van der Waals surface area contributed by atoms with Crippen molar-refractivity contribution in [2.45, 2.75) is 19.1 Å². The summed E-state index contributed by atoms with van der Waals surface area (Å²) in [6, 6.07) is 7.59. The Bertz CT molecular complexity index is 1120. The van der Waals surface area contributed by atoms with Crippen LogP contribution in [0.15, 0.2) is 30.3 Å². The summed E-state index contributed by atoms with van der Waals surface area (Å²) in [7, 11) is 0. The van der Waals surface area contributed by atoms with Gasteiger partial charge in [-0.15, -0.1) is 11.3 Å². The Labute approximate surface area is 172 Å². The number of halogens is 3. The van der Waals surface area contributed by atoms with Gasteiger partial charge in [-0.1, -0.05) is 29.3 Å². The molecule has 1 N–H and O–H groups in total. The van der Waals surface area contributed by atoms with E-state index in [0.29, 0.717) is 20.6 Å². The molecule has 1 aliphatic heterocycles. The fraction of sp³-hybridized carbons (Fsp3) is 0.167. The molecule has 144 valence electrons. The molecule has 2 aromatic carbocycles. The number of carboxylic acids is 1. The molecule has 3 aromatic rings. The number of nitrogens with zero attached hydrogens (tertiary/aromatic N) is 2. The number of carboxylic acid groups (broad SMARTS) is 1. The molecule has 0 radical (unpaired) electrons. The number of hydrogen-bond donors (Lipinski definition) is 1. The summed E-state index contributed by atoms with van der Waals surface area (Å²) in [5.74, 6) is -2.64. The maximum absolute atomic E-state index is 14.2. The predicted molar refractivity (Wildman–Crippen MR) is 104 cm³/mol. The van der Waals surface area contributed by atoms with Crippen molar-refractivity contribution >= 4 is 62.3 Å². The summed E-state index contributed by atoms with van der Waals surface area (Å²) in [5, 5.41) is 10.3. The van der Waals surface area contributed by atoms with Crippen molar-refractivity contribution in [3.63, 3.8) is 0 Å². The zero-order chi connectivity index (χ0) is 20.0. The number of ether oxygens (including phenoxy) is 1. The molecule has 0 bridgehead atoms. The lowest BCUT2D eigenvalue weighted by atomic mass is 10.1. The van der Waals surface area contributed by atoms with E-state index in [1.807, 2.05) is 0 Å². The number of carbonyl (C=O) groups is 2. The molecule has 6 nitrogen and oxygen atoms in total. The summed E-state index contributed by atoms with van der Waals surface area (Å²) in [5.41, 5.74) is 0.728. The number of thiazole rings is 1. The first kappa shape index (κ1) is 18.9. The third-order valence-corrected chi connectivity index (χ3v) is 5.99. The van der Waals surface area contributed by atoms with E-state index in [-0.39, 0.29) is 18.0 Å². The van der Waals surface area contributed by atoms with Gasteiger partial charge in [-0.2, -0.15) is 0 Å². The summed E-state index contributed by atoms with van der Waals surface area (Å²) in [6.45, 7) is 0.0159. The van der Waals surface area contributed by atoms with E-state index in [0.717, 1.165) is 4.70 Å². The number of para-hydroxylation sites is 1. The van der Waals surface area contributed by atoms with Crippen LogP contribution in [0.4, 0.5) is 10.1 Å². The molecule has 0 fully saturated rings. The molecule has 0 aliphatic carbocycles. The second-order valence-electron chi connectivity index (χ2n) is 6.03. The molecule has 4 rings (SSSR count). The Kier molecular flexibility index (Phi) is 4.86. The van der Waals surface area contributed by atoms with Crippen LogP contribution in [-0.2, 0) is 16.1 Å². The average Bonchev–Trinajstić information content (AvgIpc) is 3.06. The van der Waals surface area contributed by atoms with Gasteiger partial charge in [0.2, 0.25) is 0 Å². The van der Waals surface area contributed by atoms with E-state index in [4.69, 9.17) is 33.0 Å². The van der Waals surface area contributed by atoms with Crippen LogP contribution in [0.2, 0.25) is 10.0 Å². The number of hydrogen-bond acceptors (Lipinski definition) is 5. The molecule has 28 heavy (non-hydrogen) atoms. The maximum atomic E-state index is 14.2. The van der Waals surface area contributed by atoms with Crippen molar-refractivity contribution in [2.24, 2.45) is 0 Å². The number of carbonyl (C=O) groups excluding carboxylic acids is 1. The third-order valence-electron chi connectivity index (χ3n) is 4.19. The number of aromatic nitrogens is 1. The zero-order valence-electron chi connectivity index (χ0n) is 14.0. The maximum Gasteiger partial charge on any atom is 0.307 e. The molecule has 1 atom stereocenters. The van der Waals surface area contributed by atoms with Gasteiger partial charge in [0.25, 0.3) is 5.91 Å². The number of anilines is 1. The number of rotatable bonds is 4. The molecule has 1 aliphatic rings. The first-order valence-electron chi connectivity index (χ1n) is 8.07. The van der Waals surface area contributed by atoms with Crippen molar-refractivity contribution in [3.05, 3.63) is 51.2 Å². The molecule has 0 spiro atoms. The van der Waals surface area contributed by atoms with Crippen LogP contribution in [0.25, 0.3) is 10.2 Å². The van der Waals surface area contributed by atoms with Crippen molar-refractivity contribution < 1.29 is 23.8 Å². The topological polar surface area (TPSA) is 79.7 Å². The lowest BCUT2D eigenvalue weighted by Crippen LogP contribution is -2.46. The first-order chi connectivity index (χ1) is 13.3. The van der Waals surface area contributed by atoms with E-state index >= 15 is 0 Å². The molecule has 1 amide bonds. The average molecular weight is 441 g/mol. The predicted octanol–water partition coefficient (Wildman–Crippen LogP) is 4.51. The minimum Gasteiger partial charge on any atom is -0.481 e. The first-order valence-corrected chi connectivity index (χ1v) is 9.64. The van der Waals surface area contributed by atoms with Crippen LogP contribution in [0.1, 0.15) is 11.4 Å². The van der Waals surface area contributed by atoms with Gasteiger partial charge in [0.15, 0.2) is 17.7 Å². The zero-order valence-corrected chi connectivity index (χ0v) is 16.3. The molecule has 2 heterocycles. The quantitative estimate of drug-likeness (QED) is 0.645. The molecule has 1 aromatic heterocycles.